The first-order chi connectivity index (χ1) is 24.2. The molecule has 11 nitrogen and oxygen atoms in total. The number of nitrogens with one attached hydrogen (secondary N) is 1. The number of hydrogen-bond acceptors (Lipinski definition) is 7. The summed E-state index contributed by atoms with van der Waals surface area (Å²) in [6.45, 7) is -0.0206. The Hall–Kier alpha value is -5.88. The van der Waals surface area contributed by atoms with Crippen molar-refractivity contribution in [3.63, 3.8) is 0 Å². The van der Waals surface area contributed by atoms with Gasteiger partial charge in [0, 0.05) is 16.5 Å². The Bertz CT molecular complexity index is 2330. The standard InChI is InChI=1S/C37H29ClFN5O6/c1-50-30-9-5-8-29(45)31(30)32-26-18-19-41-35(48)42(25-6-3-2-4-7-25)36(49)44(41)28(26)20-27-33(46)43(40-24-16-14-23(39)15-17-24)34(47)37(27,32)21-10-12-22(38)13-11-21/h2-18,27-28,32,40,45H,19-20H2,1H3/t27-,28+,32+,37+/m0/s1. The minimum Gasteiger partial charge on any atom is -0.508 e. The van der Waals surface area contributed by atoms with E-state index in [9.17, 15) is 23.9 Å². The Morgan fingerprint density at radius 2 is 1.62 bits per heavy atom. The number of allylic oxidation sites excluding steroid dienone is 2. The molecule has 8 rings (SSSR count). The number of anilines is 1. The number of nitrogens with zero attached hydrogens (tertiary/aromatic N) is 4. The number of carbonyl (C=O) groups excluding carboxylic acids is 2. The van der Waals surface area contributed by atoms with Gasteiger partial charge < -0.3 is 9.84 Å². The number of phenolic OH excluding ortho intramolecular Hbond substituents is 1. The van der Waals surface area contributed by atoms with Gasteiger partial charge in [-0.25, -0.2) is 27.9 Å². The fourth-order valence-electron chi connectivity index (χ4n) is 8.03. The maximum atomic E-state index is 15.2. The molecule has 1 saturated heterocycles. The van der Waals surface area contributed by atoms with E-state index in [-0.39, 0.29) is 35.7 Å². The van der Waals surface area contributed by atoms with Gasteiger partial charge in [0.05, 0.1) is 42.4 Å². The summed E-state index contributed by atoms with van der Waals surface area (Å²) in [7, 11) is 1.44. The number of benzene rings is 4. The third kappa shape index (κ3) is 4.41. The number of carbonyl (C=O) groups is 2. The number of aromatic hydroxyl groups is 1. The summed E-state index contributed by atoms with van der Waals surface area (Å²) in [4.78, 5) is 58.0. The van der Waals surface area contributed by atoms with E-state index < -0.39 is 52.3 Å². The molecular weight excluding hydrogens is 665 g/mol. The highest BCUT2D eigenvalue weighted by molar-refractivity contribution is 6.30. The minimum absolute atomic E-state index is 0.0206. The van der Waals surface area contributed by atoms with Crippen LogP contribution in [0.4, 0.5) is 10.1 Å². The molecule has 2 amide bonds. The van der Waals surface area contributed by atoms with E-state index >= 15 is 4.79 Å². The van der Waals surface area contributed by atoms with Crippen LogP contribution in [0.1, 0.15) is 29.5 Å². The molecule has 2 N–H and O–H groups in total. The summed E-state index contributed by atoms with van der Waals surface area (Å²) < 4.78 is 23.4. The van der Waals surface area contributed by atoms with E-state index in [1.807, 2.05) is 0 Å². The monoisotopic (exact) mass is 693 g/mol. The number of hydrogen-bond donors (Lipinski definition) is 2. The Kier molecular flexibility index (Phi) is 7.30. The van der Waals surface area contributed by atoms with Gasteiger partial charge in [0.25, 0.3) is 11.8 Å². The van der Waals surface area contributed by atoms with Crippen LogP contribution in [0, 0.1) is 11.7 Å². The number of methoxy groups -OCH3 is 1. The second kappa shape index (κ2) is 11.6. The summed E-state index contributed by atoms with van der Waals surface area (Å²) in [5.74, 6) is -3.88. The van der Waals surface area contributed by atoms with Crippen molar-refractivity contribution in [1.29, 1.82) is 0 Å². The zero-order valence-electron chi connectivity index (χ0n) is 26.5. The molecule has 0 radical (unpaired) electrons. The molecule has 1 saturated carbocycles. The SMILES string of the molecule is COc1cccc(O)c1[C@H]1C2=CCn3c(=O)n(-c4ccccc4)c(=O)n3[C@@H]2C[C@H]2C(=O)N(Nc3ccc(F)cc3)C(=O)[C@@]12c1ccc(Cl)cc1. The number of rotatable bonds is 6. The first-order valence-corrected chi connectivity index (χ1v) is 16.3. The largest absolute Gasteiger partial charge is 0.508 e. The van der Waals surface area contributed by atoms with Crippen LogP contribution in [0.25, 0.3) is 5.69 Å². The second-order valence-electron chi connectivity index (χ2n) is 12.5. The predicted octanol–water partition coefficient (Wildman–Crippen LogP) is 4.93. The number of phenols is 1. The lowest BCUT2D eigenvalue weighted by Crippen LogP contribution is -2.53. The van der Waals surface area contributed by atoms with Gasteiger partial charge in [-0.05, 0) is 78.2 Å². The van der Waals surface area contributed by atoms with E-state index in [1.165, 1.54) is 46.8 Å². The third-order valence-electron chi connectivity index (χ3n) is 10.1. The van der Waals surface area contributed by atoms with E-state index in [4.69, 9.17) is 16.3 Å². The van der Waals surface area contributed by atoms with Crippen LogP contribution >= 0.6 is 11.6 Å². The number of para-hydroxylation sites is 1. The zero-order chi connectivity index (χ0) is 34.9. The highest BCUT2D eigenvalue weighted by Crippen LogP contribution is 2.64. The maximum Gasteiger partial charge on any atom is 0.352 e. The van der Waals surface area contributed by atoms with Crippen molar-refractivity contribution in [2.45, 2.75) is 30.3 Å². The molecule has 3 aliphatic rings. The number of aromatic nitrogens is 3. The molecule has 0 bridgehead atoms. The van der Waals surface area contributed by atoms with Crippen LogP contribution in [0.5, 0.6) is 11.5 Å². The smallest absolute Gasteiger partial charge is 0.352 e. The number of amides is 2. The van der Waals surface area contributed by atoms with Crippen molar-refractivity contribution in [1.82, 2.24) is 18.9 Å². The zero-order valence-corrected chi connectivity index (χ0v) is 27.3. The Morgan fingerprint density at radius 1 is 0.900 bits per heavy atom. The fourth-order valence-corrected chi connectivity index (χ4v) is 8.16. The van der Waals surface area contributed by atoms with Crippen molar-refractivity contribution in [2.75, 3.05) is 12.5 Å². The molecule has 50 heavy (non-hydrogen) atoms. The van der Waals surface area contributed by atoms with Crippen LogP contribution < -0.4 is 21.5 Å². The number of hydrazine groups is 1. The average Bonchev–Trinajstić information content (AvgIpc) is 3.50. The average molecular weight is 694 g/mol. The molecule has 1 aliphatic carbocycles. The number of fused-ring (bicyclic) bond motifs is 4. The number of halogens is 2. The predicted molar refractivity (Wildman–Crippen MR) is 182 cm³/mol. The quantitative estimate of drug-likeness (QED) is 0.191. The Labute approximate surface area is 289 Å². The van der Waals surface area contributed by atoms with Gasteiger partial charge >= 0.3 is 11.4 Å². The summed E-state index contributed by atoms with van der Waals surface area (Å²) in [5.41, 5.74) is 1.92. The number of imide groups is 1. The van der Waals surface area contributed by atoms with Gasteiger partial charge in [0.2, 0.25) is 0 Å². The van der Waals surface area contributed by atoms with Gasteiger partial charge in [0.15, 0.2) is 0 Å². The molecular formula is C37H29ClFN5O6. The topological polar surface area (TPSA) is 128 Å². The minimum atomic E-state index is -1.70. The van der Waals surface area contributed by atoms with Crippen molar-refractivity contribution in [2.24, 2.45) is 5.92 Å². The van der Waals surface area contributed by atoms with Gasteiger partial charge in [-0.2, -0.15) is 5.01 Å². The molecule has 0 unspecified atom stereocenters. The van der Waals surface area contributed by atoms with E-state index in [1.54, 1.807) is 72.8 Å². The molecule has 3 heterocycles. The molecule has 2 aliphatic heterocycles. The summed E-state index contributed by atoms with van der Waals surface area (Å²) >= 11 is 6.33. The Morgan fingerprint density at radius 3 is 2.32 bits per heavy atom. The summed E-state index contributed by atoms with van der Waals surface area (Å²) in [5, 5.41) is 12.9. The van der Waals surface area contributed by atoms with Crippen molar-refractivity contribution in [3.05, 3.63) is 152 Å². The molecule has 0 spiro atoms. The van der Waals surface area contributed by atoms with Crippen LogP contribution in [-0.2, 0) is 21.5 Å². The molecule has 13 heteroatoms. The van der Waals surface area contributed by atoms with E-state index in [2.05, 4.69) is 5.43 Å². The molecule has 1 aromatic heterocycles. The first-order valence-electron chi connectivity index (χ1n) is 15.9. The lowest BCUT2D eigenvalue weighted by Gasteiger charge is -2.49. The third-order valence-corrected chi connectivity index (χ3v) is 10.3. The molecule has 252 valence electrons. The van der Waals surface area contributed by atoms with Crippen LogP contribution in [0.2, 0.25) is 5.02 Å². The highest BCUT2D eigenvalue weighted by Gasteiger charge is 2.69. The van der Waals surface area contributed by atoms with Crippen molar-refractivity contribution >= 4 is 29.1 Å². The lowest BCUT2D eigenvalue weighted by molar-refractivity contribution is -0.138. The van der Waals surface area contributed by atoms with Gasteiger partial charge in [-0.3, -0.25) is 15.0 Å². The lowest BCUT2D eigenvalue weighted by atomic mass is 9.53. The number of ether oxygens (including phenoxy) is 1. The van der Waals surface area contributed by atoms with Gasteiger partial charge in [-0.15, -0.1) is 0 Å². The molecule has 5 aromatic rings. The second-order valence-corrected chi connectivity index (χ2v) is 12.9. The first kappa shape index (κ1) is 31.4. The molecule has 2 fully saturated rings. The Balaban J connectivity index is 1.41. The molecule has 4 aromatic carbocycles. The van der Waals surface area contributed by atoms with E-state index in [0.29, 0.717) is 21.8 Å². The maximum absolute atomic E-state index is 15.2. The van der Waals surface area contributed by atoms with E-state index in [0.717, 1.165) is 9.58 Å². The fraction of sp³-hybridized carbons (Fsp3) is 0.189. The van der Waals surface area contributed by atoms with Gasteiger partial charge in [-0.1, -0.05) is 54.1 Å². The van der Waals surface area contributed by atoms with Crippen molar-refractivity contribution < 1.29 is 23.8 Å². The van der Waals surface area contributed by atoms with Crippen LogP contribution in [-0.4, -0.2) is 43.0 Å². The normalized spacial score (nSPS) is 22.4. The van der Waals surface area contributed by atoms with Gasteiger partial charge in [0.1, 0.15) is 17.3 Å². The van der Waals surface area contributed by atoms with Crippen LogP contribution in [0.3, 0.4) is 0 Å². The van der Waals surface area contributed by atoms with Crippen molar-refractivity contribution in [3.8, 4) is 17.2 Å². The van der Waals surface area contributed by atoms with Crippen LogP contribution in [0.15, 0.2) is 118 Å². The molecule has 4 atom stereocenters. The summed E-state index contributed by atoms with van der Waals surface area (Å²) in [6.07, 6.45) is 1.74. The summed E-state index contributed by atoms with van der Waals surface area (Å²) in [6, 6.07) is 24.2. The highest BCUT2D eigenvalue weighted by atomic mass is 35.5.